The molecule has 4 aromatic carbocycles. The second-order valence-electron chi connectivity index (χ2n) is 8.17. The third-order valence-electron chi connectivity index (χ3n) is 6.32. The highest BCUT2D eigenvalue weighted by atomic mass is 32.1. The van der Waals surface area contributed by atoms with Gasteiger partial charge in [0.25, 0.3) is 10.5 Å². The van der Waals surface area contributed by atoms with Crippen molar-refractivity contribution in [2.24, 2.45) is 0 Å². The molecule has 6 aromatic rings. The first-order valence-corrected chi connectivity index (χ1v) is 11.6. The Morgan fingerprint density at radius 2 is 1.24 bits per heavy atom. The molecule has 1 unspecified atom stereocenters. The van der Waals surface area contributed by atoms with Gasteiger partial charge in [0.1, 0.15) is 15.8 Å². The van der Waals surface area contributed by atoms with Gasteiger partial charge in [0.05, 0.1) is 0 Å². The predicted octanol–water partition coefficient (Wildman–Crippen LogP) is 5.46. The summed E-state index contributed by atoms with van der Waals surface area (Å²) in [5, 5.41) is 1.07. The first-order chi connectivity index (χ1) is 16.3. The molecule has 0 radical (unpaired) electrons. The summed E-state index contributed by atoms with van der Waals surface area (Å²) < 4.78 is 25.5. The lowest BCUT2D eigenvalue weighted by atomic mass is 10.1. The molecule has 0 saturated carbocycles. The van der Waals surface area contributed by atoms with Crippen molar-refractivity contribution in [3.63, 3.8) is 0 Å². The topological polar surface area (TPSA) is 39.4 Å². The number of thiazole rings is 1. The first-order valence-electron chi connectivity index (χ1n) is 10.8. The van der Waals surface area contributed by atoms with Crippen LogP contribution in [0.5, 0.6) is 11.5 Å². The standard InChI is InChI=1S/C27H16N2O3S/c1-5-13-21-17(9-1)25-28(19-11-3-7-15-23(19)30-25)27(31-21)29-20-12-4-8-16-24(20)33-26(29)18-10-2-6-14-22(18)32-27/h1-16H/q+2. The van der Waals surface area contributed by atoms with Gasteiger partial charge in [-0.1, -0.05) is 59.9 Å². The van der Waals surface area contributed by atoms with Crippen molar-refractivity contribution in [1.29, 1.82) is 0 Å². The smallest absolute Gasteiger partial charge is 0.397 e. The number of hydrogen-bond acceptors (Lipinski definition) is 4. The first kappa shape index (κ1) is 17.4. The maximum atomic E-state index is 6.85. The molecule has 2 aliphatic rings. The molecule has 0 amide bonds. The number of oxazole rings is 1. The van der Waals surface area contributed by atoms with Crippen LogP contribution in [-0.4, -0.2) is 0 Å². The molecule has 2 aliphatic heterocycles. The maximum Gasteiger partial charge on any atom is 0.719 e. The Bertz CT molecular complexity index is 1620. The van der Waals surface area contributed by atoms with E-state index >= 15 is 0 Å². The highest BCUT2D eigenvalue weighted by molar-refractivity contribution is 7.21. The molecule has 8 rings (SSSR count). The Kier molecular flexibility index (Phi) is 3.16. The number of fused-ring (bicyclic) bond motifs is 12. The van der Waals surface area contributed by atoms with Crippen molar-refractivity contribution in [3.8, 4) is 33.5 Å². The average Bonchev–Trinajstić information content (AvgIpc) is 3.45. The fraction of sp³-hybridized carbons (Fsp3) is 0.0370. The van der Waals surface area contributed by atoms with Gasteiger partial charge >= 0.3 is 11.9 Å². The number of nitrogens with zero attached hydrogens (tertiary/aromatic N) is 2. The van der Waals surface area contributed by atoms with Crippen molar-refractivity contribution in [3.05, 3.63) is 97.1 Å². The molecule has 0 fully saturated rings. The monoisotopic (exact) mass is 448 g/mol. The number of hydrogen-bond donors (Lipinski definition) is 0. The van der Waals surface area contributed by atoms with E-state index in [1.54, 1.807) is 11.3 Å². The summed E-state index contributed by atoms with van der Waals surface area (Å²) in [6.07, 6.45) is 0. The zero-order valence-corrected chi connectivity index (χ0v) is 18.1. The Morgan fingerprint density at radius 1 is 0.606 bits per heavy atom. The lowest BCUT2D eigenvalue weighted by Gasteiger charge is -2.28. The van der Waals surface area contributed by atoms with Crippen LogP contribution in [0.1, 0.15) is 0 Å². The molecular weight excluding hydrogens is 432 g/mol. The van der Waals surface area contributed by atoms with Crippen molar-refractivity contribution in [1.82, 2.24) is 0 Å². The van der Waals surface area contributed by atoms with E-state index < -0.39 is 6.03 Å². The van der Waals surface area contributed by atoms with Gasteiger partial charge in [0, 0.05) is 12.1 Å². The third kappa shape index (κ3) is 2.11. The van der Waals surface area contributed by atoms with Crippen LogP contribution < -0.4 is 18.6 Å². The molecule has 6 heteroatoms. The summed E-state index contributed by atoms with van der Waals surface area (Å²) in [7, 11) is 0. The normalized spacial score (nSPS) is 17.7. The molecule has 2 aromatic heterocycles. The summed E-state index contributed by atoms with van der Waals surface area (Å²) in [5.41, 5.74) is 4.65. The maximum absolute atomic E-state index is 6.85. The fourth-order valence-corrected chi connectivity index (χ4v) is 6.14. The van der Waals surface area contributed by atoms with Crippen LogP contribution in [-0.2, 0) is 6.03 Å². The highest BCUT2D eigenvalue weighted by Gasteiger charge is 2.70. The second kappa shape index (κ2) is 5.99. The third-order valence-corrected chi connectivity index (χ3v) is 7.48. The SMILES string of the molecule is c1ccc2c(c1)OC1(Oc3ccccc3-c3sc4ccccc4[n+]31)[n+]1c-2oc2ccccc21. The van der Waals surface area contributed by atoms with Gasteiger partial charge < -0.3 is 13.9 Å². The Balaban J connectivity index is 1.58. The predicted molar refractivity (Wildman–Crippen MR) is 124 cm³/mol. The summed E-state index contributed by atoms with van der Waals surface area (Å²) in [6, 6.07) is 31.1. The van der Waals surface area contributed by atoms with Crippen LogP contribution in [0.15, 0.2) is 101 Å². The molecule has 0 N–H and O–H groups in total. The minimum Gasteiger partial charge on any atom is -0.397 e. The number of rotatable bonds is 0. The molecule has 0 aliphatic carbocycles. The molecule has 1 atom stereocenters. The van der Waals surface area contributed by atoms with Crippen molar-refractivity contribution in [2.45, 2.75) is 6.03 Å². The van der Waals surface area contributed by atoms with E-state index in [1.807, 2.05) is 77.4 Å². The minimum absolute atomic E-state index is 0.700. The van der Waals surface area contributed by atoms with Gasteiger partial charge in [-0.05, 0) is 45.5 Å². The van der Waals surface area contributed by atoms with Crippen LogP contribution in [0.4, 0.5) is 0 Å². The van der Waals surface area contributed by atoms with E-state index in [4.69, 9.17) is 13.9 Å². The van der Waals surface area contributed by atoms with Crippen molar-refractivity contribution >= 4 is 32.7 Å². The Labute approximate surface area is 192 Å². The van der Waals surface area contributed by atoms with E-state index in [1.165, 1.54) is 0 Å². The minimum atomic E-state index is -1.32. The zero-order valence-electron chi connectivity index (χ0n) is 17.3. The molecule has 4 heterocycles. The lowest BCUT2D eigenvalue weighted by Crippen LogP contribution is -2.81. The number of aromatic nitrogens is 2. The van der Waals surface area contributed by atoms with E-state index in [0.717, 1.165) is 43.2 Å². The van der Waals surface area contributed by atoms with Gasteiger partial charge in [0.2, 0.25) is 11.1 Å². The summed E-state index contributed by atoms with van der Waals surface area (Å²) in [6.45, 7) is 0. The number of ether oxygens (including phenoxy) is 2. The Morgan fingerprint density at radius 3 is 2.09 bits per heavy atom. The van der Waals surface area contributed by atoms with Crippen LogP contribution in [0.25, 0.3) is 43.3 Å². The van der Waals surface area contributed by atoms with Gasteiger partial charge in [-0.25, -0.2) is 0 Å². The van der Waals surface area contributed by atoms with E-state index in [-0.39, 0.29) is 0 Å². The van der Waals surface area contributed by atoms with Crippen LogP contribution in [0, 0.1) is 0 Å². The molecule has 33 heavy (non-hydrogen) atoms. The zero-order chi connectivity index (χ0) is 21.6. The number of para-hydroxylation sites is 5. The quantitative estimate of drug-likeness (QED) is 0.290. The molecular formula is C27H16N2O3S+2. The Hall–Kier alpha value is -4.16. The number of benzene rings is 4. The van der Waals surface area contributed by atoms with Crippen LogP contribution >= 0.6 is 11.3 Å². The molecule has 156 valence electrons. The molecule has 0 bridgehead atoms. The van der Waals surface area contributed by atoms with Crippen LogP contribution in [0.2, 0.25) is 0 Å². The van der Waals surface area contributed by atoms with E-state index in [0.29, 0.717) is 11.6 Å². The van der Waals surface area contributed by atoms with Crippen molar-refractivity contribution < 1.29 is 23.0 Å². The molecule has 1 spiro atoms. The van der Waals surface area contributed by atoms with E-state index in [2.05, 4.69) is 28.8 Å². The lowest BCUT2D eigenvalue weighted by molar-refractivity contribution is -1.04. The molecule has 0 saturated heterocycles. The largest absolute Gasteiger partial charge is 0.719 e. The van der Waals surface area contributed by atoms with Gasteiger partial charge in [0.15, 0.2) is 11.5 Å². The fourth-order valence-electron chi connectivity index (χ4n) is 4.94. The van der Waals surface area contributed by atoms with Crippen LogP contribution in [0.3, 0.4) is 0 Å². The van der Waals surface area contributed by atoms with Crippen molar-refractivity contribution in [2.75, 3.05) is 0 Å². The van der Waals surface area contributed by atoms with Gasteiger partial charge in [-0.2, -0.15) is 0 Å². The highest BCUT2D eigenvalue weighted by Crippen LogP contribution is 2.45. The van der Waals surface area contributed by atoms with Gasteiger partial charge in [-0.3, -0.25) is 0 Å². The average molecular weight is 449 g/mol. The summed E-state index contributed by atoms with van der Waals surface area (Å²) in [4.78, 5) is 0. The molecule has 5 nitrogen and oxygen atoms in total. The van der Waals surface area contributed by atoms with Gasteiger partial charge in [-0.15, -0.1) is 0 Å². The second-order valence-corrected chi connectivity index (χ2v) is 9.20. The summed E-state index contributed by atoms with van der Waals surface area (Å²) >= 11 is 1.73. The van der Waals surface area contributed by atoms with E-state index in [9.17, 15) is 0 Å². The summed E-state index contributed by atoms with van der Waals surface area (Å²) in [5.74, 6) is 2.18.